The van der Waals surface area contributed by atoms with Crippen LogP contribution in [0.2, 0.25) is 0 Å². The van der Waals surface area contributed by atoms with E-state index >= 15 is 0 Å². The summed E-state index contributed by atoms with van der Waals surface area (Å²) in [6.45, 7) is 5.84. The van der Waals surface area contributed by atoms with Crippen LogP contribution in [0.1, 0.15) is 46.0 Å². The summed E-state index contributed by atoms with van der Waals surface area (Å²) in [7, 11) is 2.16. The molecule has 3 rings (SSSR count). The monoisotopic (exact) mass is 283 g/mol. The minimum atomic E-state index is 0.238. The predicted molar refractivity (Wildman–Crippen MR) is 82.7 cm³/mol. The Balaban J connectivity index is 1.67. The molecule has 2 aliphatic heterocycles. The molecule has 3 aliphatic rings. The number of ether oxygens (including phenoxy) is 1. The Hall–Kier alpha value is 0.270. The van der Waals surface area contributed by atoms with Crippen molar-refractivity contribution in [3.63, 3.8) is 0 Å². The van der Waals surface area contributed by atoms with Crippen LogP contribution in [-0.2, 0) is 4.74 Å². The van der Waals surface area contributed by atoms with Gasteiger partial charge in [0.1, 0.15) is 0 Å². The van der Waals surface area contributed by atoms with Crippen molar-refractivity contribution < 1.29 is 4.74 Å². The van der Waals surface area contributed by atoms with E-state index in [1.165, 1.54) is 43.6 Å². The molecule has 0 aromatic heterocycles. The van der Waals surface area contributed by atoms with Crippen LogP contribution >= 0.6 is 11.8 Å². The molecule has 1 aliphatic carbocycles. The minimum absolute atomic E-state index is 0.238. The predicted octanol–water partition coefficient (Wildman–Crippen LogP) is 3.31. The molecule has 3 atom stereocenters. The quantitative estimate of drug-likeness (QED) is 0.858. The van der Waals surface area contributed by atoms with Crippen molar-refractivity contribution in [2.75, 3.05) is 25.2 Å². The van der Waals surface area contributed by atoms with Crippen molar-refractivity contribution in [2.24, 2.45) is 17.3 Å². The summed E-state index contributed by atoms with van der Waals surface area (Å²) in [6, 6.07) is 0.713. The van der Waals surface area contributed by atoms with Crippen molar-refractivity contribution >= 4 is 11.8 Å². The normalized spacial score (nSPS) is 38.1. The van der Waals surface area contributed by atoms with Crippen LogP contribution in [0.4, 0.5) is 0 Å². The molecule has 3 heteroatoms. The van der Waals surface area contributed by atoms with Gasteiger partial charge in [-0.1, -0.05) is 13.8 Å². The Morgan fingerprint density at radius 1 is 1.21 bits per heavy atom. The SMILES string of the molecule is CNC(C1CCOC2(CCSCC2)C1)C1CC1(C)C. The Bertz CT molecular complexity index is 319. The lowest BCUT2D eigenvalue weighted by atomic mass is 9.76. The van der Waals surface area contributed by atoms with Crippen LogP contribution < -0.4 is 5.32 Å². The summed E-state index contributed by atoms with van der Waals surface area (Å²) in [5.74, 6) is 4.31. The van der Waals surface area contributed by atoms with Gasteiger partial charge in [-0.2, -0.15) is 11.8 Å². The van der Waals surface area contributed by atoms with Crippen LogP contribution in [0.25, 0.3) is 0 Å². The molecule has 2 nitrogen and oxygen atoms in total. The maximum Gasteiger partial charge on any atom is 0.0701 e. The first-order valence-electron chi connectivity index (χ1n) is 7.95. The van der Waals surface area contributed by atoms with E-state index in [9.17, 15) is 0 Å². The maximum atomic E-state index is 6.24. The zero-order valence-electron chi connectivity index (χ0n) is 12.7. The molecule has 19 heavy (non-hydrogen) atoms. The fourth-order valence-electron chi connectivity index (χ4n) is 4.35. The van der Waals surface area contributed by atoms with E-state index < -0.39 is 0 Å². The van der Waals surface area contributed by atoms with Gasteiger partial charge < -0.3 is 10.1 Å². The topological polar surface area (TPSA) is 21.3 Å². The third-order valence-electron chi connectivity index (χ3n) is 5.80. The summed E-state index contributed by atoms with van der Waals surface area (Å²) in [6.07, 6.45) is 6.51. The van der Waals surface area contributed by atoms with E-state index in [1.807, 2.05) is 0 Å². The van der Waals surface area contributed by atoms with Crippen LogP contribution in [0, 0.1) is 17.3 Å². The molecule has 0 amide bonds. The average molecular weight is 283 g/mol. The number of rotatable bonds is 3. The number of nitrogens with one attached hydrogen (secondary N) is 1. The van der Waals surface area contributed by atoms with Gasteiger partial charge in [-0.15, -0.1) is 0 Å². The van der Waals surface area contributed by atoms with Gasteiger partial charge in [0, 0.05) is 12.6 Å². The Kier molecular flexibility index (Phi) is 3.92. The first kappa shape index (κ1) is 14.2. The Morgan fingerprint density at radius 2 is 1.89 bits per heavy atom. The molecule has 0 bridgehead atoms. The summed E-state index contributed by atoms with van der Waals surface area (Å²) in [5, 5.41) is 3.65. The highest BCUT2D eigenvalue weighted by Crippen LogP contribution is 2.56. The highest BCUT2D eigenvalue weighted by Gasteiger charge is 2.53. The second-order valence-corrected chi connectivity index (χ2v) is 8.74. The first-order valence-corrected chi connectivity index (χ1v) is 9.11. The molecule has 0 radical (unpaired) electrons. The molecule has 0 aromatic carbocycles. The van der Waals surface area contributed by atoms with Gasteiger partial charge in [0.2, 0.25) is 0 Å². The van der Waals surface area contributed by atoms with E-state index in [2.05, 4.69) is 38.0 Å². The molecule has 1 saturated carbocycles. The smallest absolute Gasteiger partial charge is 0.0701 e. The van der Waals surface area contributed by atoms with Crippen LogP contribution in [0.3, 0.4) is 0 Å². The van der Waals surface area contributed by atoms with Crippen LogP contribution in [-0.4, -0.2) is 36.8 Å². The second kappa shape index (κ2) is 5.23. The summed E-state index contributed by atoms with van der Waals surface area (Å²) in [5.41, 5.74) is 0.809. The lowest BCUT2D eigenvalue weighted by Gasteiger charge is -2.45. The van der Waals surface area contributed by atoms with E-state index in [1.54, 1.807) is 0 Å². The molecular formula is C16H29NOS. The fraction of sp³-hybridized carbons (Fsp3) is 1.00. The third-order valence-corrected chi connectivity index (χ3v) is 6.79. The van der Waals surface area contributed by atoms with Crippen molar-refractivity contribution in [3.8, 4) is 0 Å². The van der Waals surface area contributed by atoms with Crippen molar-refractivity contribution in [1.29, 1.82) is 0 Å². The standard InChI is InChI=1S/C16H29NOS/c1-15(2)11-13(15)14(17-3)12-4-7-18-16(10-12)5-8-19-9-6-16/h12-14,17H,4-11H2,1-3H3. The average Bonchev–Trinajstić information content (AvgIpc) is 3.00. The zero-order chi connectivity index (χ0) is 13.5. The number of hydrogen-bond donors (Lipinski definition) is 1. The Morgan fingerprint density at radius 3 is 2.47 bits per heavy atom. The van der Waals surface area contributed by atoms with E-state index in [4.69, 9.17) is 4.74 Å². The summed E-state index contributed by atoms with van der Waals surface area (Å²) < 4.78 is 6.24. The van der Waals surface area contributed by atoms with Gasteiger partial charge in [0.15, 0.2) is 0 Å². The number of thioether (sulfide) groups is 1. The molecule has 3 unspecified atom stereocenters. The molecule has 2 heterocycles. The first-order chi connectivity index (χ1) is 9.06. The van der Waals surface area contributed by atoms with Crippen molar-refractivity contribution in [1.82, 2.24) is 5.32 Å². The lowest BCUT2D eigenvalue weighted by molar-refractivity contribution is -0.108. The molecule has 1 N–H and O–H groups in total. The molecule has 0 aromatic rings. The summed E-state index contributed by atoms with van der Waals surface area (Å²) >= 11 is 2.10. The molecule has 110 valence electrons. The van der Waals surface area contributed by atoms with Gasteiger partial charge in [-0.05, 0) is 67.9 Å². The second-order valence-electron chi connectivity index (χ2n) is 7.51. The Labute approximate surface area is 122 Å². The van der Waals surface area contributed by atoms with E-state index in [-0.39, 0.29) is 5.60 Å². The molecule has 3 fully saturated rings. The van der Waals surface area contributed by atoms with Crippen molar-refractivity contribution in [2.45, 2.75) is 57.6 Å². The molecule has 2 saturated heterocycles. The van der Waals surface area contributed by atoms with Gasteiger partial charge in [-0.25, -0.2) is 0 Å². The van der Waals surface area contributed by atoms with Crippen LogP contribution in [0.15, 0.2) is 0 Å². The highest BCUT2D eigenvalue weighted by molar-refractivity contribution is 7.99. The minimum Gasteiger partial charge on any atom is -0.375 e. The fourth-order valence-corrected chi connectivity index (χ4v) is 5.59. The zero-order valence-corrected chi connectivity index (χ0v) is 13.5. The molecular weight excluding hydrogens is 254 g/mol. The largest absolute Gasteiger partial charge is 0.375 e. The third kappa shape index (κ3) is 2.84. The summed E-state index contributed by atoms with van der Waals surface area (Å²) in [4.78, 5) is 0. The molecule has 1 spiro atoms. The maximum absolute atomic E-state index is 6.24. The lowest BCUT2D eigenvalue weighted by Crippen LogP contribution is -2.49. The van der Waals surface area contributed by atoms with Crippen molar-refractivity contribution in [3.05, 3.63) is 0 Å². The van der Waals surface area contributed by atoms with Gasteiger partial charge >= 0.3 is 0 Å². The van der Waals surface area contributed by atoms with Gasteiger partial charge in [0.25, 0.3) is 0 Å². The van der Waals surface area contributed by atoms with E-state index in [0.717, 1.165) is 18.4 Å². The highest BCUT2D eigenvalue weighted by atomic mass is 32.2. The number of hydrogen-bond acceptors (Lipinski definition) is 3. The van der Waals surface area contributed by atoms with Crippen LogP contribution in [0.5, 0.6) is 0 Å². The van der Waals surface area contributed by atoms with Gasteiger partial charge in [0.05, 0.1) is 5.60 Å². The van der Waals surface area contributed by atoms with E-state index in [0.29, 0.717) is 11.5 Å². The van der Waals surface area contributed by atoms with Gasteiger partial charge in [-0.3, -0.25) is 0 Å².